The minimum Gasteiger partial charge on any atom is -0.342 e. The number of aromatic nitrogens is 4. The minimum atomic E-state index is -3.44. The van der Waals surface area contributed by atoms with Crippen molar-refractivity contribution in [1.82, 2.24) is 25.1 Å². The maximum absolute atomic E-state index is 13.4. The number of carbonyl (C=O) groups excluding carboxylic acids is 1. The van der Waals surface area contributed by atoms with Gasteiger partial charge in [-0.3, -0.25) is 9.78 Å². The SMILES string of the molecule is CCC(CC)(NC(=O)c1cncc2c1cnn2-c1ccc(F)cc1)c1cnc(S(C)(=O)=O)s1. The minimum absolute atomic E-state index is 0.0161. The highest BCUT2D eigenvalue weighted by Crippen LogP contribution is 2.35. The summed E-state index contributed by atoms with van der Waals surface area (Å²) >= 11 is 1.06. The number of hydrogen-bond donors (Lipinski definition) is 1. The van der Waals surface area contributed by atoms with Gasteiger partial charge < -0.3 is 5.32 Å². The van der Waals surface area contributed by atoms with Crippen LogP contribution in [0.5, 0.6) is 0 Å². The Bertz CT molecular complexity index is 1420. The predicted molar refractivity (Wildman–Crippen MR) is 124 cm³/mol. The number of amides is 1. The van der Waals surface area contributed by atoms with Crippen LogP contribution in [0.2, 0.25) is 0 Å². The van der Waals surface area contributed by atoms with Crippen molar-refractivity contribution in [1.29, 1.82) is 0 Å². The molecule has 0 bridgehead atoms. The van der Waals surface area contributed by atoms with Gasteiger partial charge in [-0.2, -0.15) is 5.10 Å². The third kappa shape index (κ3) is 4.25. The van der Waals surface area contributed by atoms with Gasteiger partial charge in [-0.05, 0) is 37.1 Å². The van der Waals surface area contributed by atoms with Crippen LogP contribution >= 0.6 is 11.3 Å². The monoisotopic (exact) mass is 487 g/mol. The van der Waals surface area contributed by atoms with Crippen molar-refractivity contribution in [2.45, 2.75) is 36.6 Å². The molecule has 1 aromatic carbocycles. The van der Waals surface area contributed by atoms with Gasteiger partial charge in [-0.25, -0.2) is 22.5 Å². The van der Waals surface area contributed by atoms with Gasteiger partial charge in [0.05, 0.1) is 39.6 Å². The van der Waals surface area contributed by atoms with Crippen molar-refractivity contribution < 1.29 is 17.6 Å². The fourth-order valence-corrected chi connectivity index (χ4v) is 5.74. The van der Waals surface area contributed by atoms with Crippen LogP contribution in [-0.4, -0.2) is 40.3 Å². The van der Waals surface area contributed by atoms with E-state index in [1.165, 1.54) is 24.5 Å². The number of fused-ring (bicyclic) bond motifs is 1. The zero-order valence-electron chi connectivity index (χ0n) is 18.2. The topological polar surface area (TPSA) is 107 Å². The van der Waals surface area contributed by atoms with Crippen LogP contribution in [-0.2, 0) is 15.4 Å². The van der Waals surface area contributed by atoms with Crippen LogP contribution in [0, 0.1) is 5.82 Å². The van der Waals surface area contributed by atoms with Crippen LogP contribution in [0.3, 0.4) is 0 Å². The molecule has 172 valence electrons. The predicted octanol–water partition coefficient (Wildman–Crippen LogP) is 3.86. The third-order valence-corrected chi connectivity index (χ3v) is 8.54. The highest BCUT2D eigenvalue weighted by molar-refractivity contribution is 7.92. The first-order valence-electron chi connectivity index (χ1n) is 10.2. The van der Waals surface area contributed by atoms with Gasteiger partial charge in [-0.15, -0.1) is 11.3 Å². The molecule has 0 atom stereocenters. The normalized spacial score (nSPS) is 12.2. The Balaban J connectivity index is 1.72. The van der Waals surface area contributed by atoms with E-state index < -0.39 is 15.4 Å². The molecule has 0 radical (unpaired) electrons. The lowest BCUT2D eigenvalue weighted by molar-refractivity contribution is 0.0893. The molecule has 0 aliphatic rings. The average molecular weight is 488 g/mol. The molecule has 11 heteroatoms. The van der Waals surface area contributed by atoms with Gasteiger partial charge in [0.15, 0.2) is 0 Å². The molecule has 0 spiro atoms. The van der Waals surface area contributed by atoms with Crippen molar-refractivity contribution in [2.24, 2.45) is 0 Å². The van der Waals surface area contributed by atoms with Gasteiger partial charge in [-0.1, -0.05) is 13.8 Å². The second-order valence-corrected chi connectivity index (χ2v) is 10.9. The van der Waals surface area contributed by atoms with Crippen LogP contribution in [0.1, 0.15) is 41.9 Å². The molecule has 0 aliphatic heterocycles. The fraction of sp³-hybridized carbons (Fsp3) is 0.273. The molecule has 4 rings (SSSR count). The summed E-state index contributed by atoms with van der Waals surface area (Å²) in [6.07, 6.45) is 8.34. The first-order valence-corrected chi connectivity index (χ1v) is 13.0. The van der Waals surface area contributed by atoms with Gasteiger partial charge >= 0.3 is 0 Å². The number of carbonyl (C=O) groups is 1. The van der Waals surface area contributed by atoms with E-state index in [1.54, 1.807) is 29.2 Å². The summed E-state index contributed by atoms with van der Waals surface area (Å²) in [4.78, 5) is 22.3. The van der Waals surface area contributed by atoms with Gasteiger partial charge in [0.25, 0.3) is 5.91 Å². The van der Waals surface area contributed by atoms with E-state index in [0.29, 0.717) is 39.9 Å². The Kier molecular flexibility index (Phi) is 6.02. The summed E-state index contributed by atoms with van der Waals surface area (Å²) in [6.45, 7) is 3.85. The number of nitrogens with one attached hydrogen (secondary N) is 1. The molecule has 8 nitrogen and oxygen atoms in total. The summed E-state index contributed by atoms with van der Waals surface area (Å²) in [6, 6.07) is 5.86. The van der Waals surface area contributed by atoms with Crippen molar-refractivity contribution >= 4 is 38.0 Å². The third-order valence-electron chi connectivity index (χ3n) is 5.65. The highest BCUT2D eigenvalue weighted by Gasteiger charge is 2.34. The molecule has 0 aliphatic carbocycles. The molecule has 33 heavy (non-hydrogen) atoms. The van der Waals surface area contributed by atoms with E-state index in [9.17, 15) is 17.6 Å². The van der Waals surface area contributed by atoms with Crippen LogP contribution in [0.25, 0.3) is 16.6 Å². The second-order valence-electron chi connectivity index (χ2n) is 7.66. The van der Waals surface area contributed by atoms with Gasteiger partial charge in [0.2, 0.25) is 14.2 Å². The maximum atomic E-state index is 13.4. The number of nitrogens with zero attached hydrogens (tertiary/aromatic N) is 4. The number of benzene rings is 1. The molecular formula is C22H22FN5O3S2. The molecule has 1 N–H and O–H groups in total. The van der Waals surface area contributed by atoms with Crippen LogP contribution in [0.15, 0.2) is 53.4 Å². The van der Waals surface area contributed by atoms with Gasteiger partial charge in [0.1, 0.15) is 5.82 Å². The largest absolute Gasteiger partial charge is 0.342 e. The van der Waals surface area contributed by atoms with E-state index in [4.69, 9.17) is 0 Å². The molecule has 3 aromatic heterocycles. The fourth-order valence-electron chi connectivity index (χ4n) is 3.68. The second kappa shape index (κ2) is 8.64. The Morgan fingerprint density at radius 1 is 1.12 bits per heavy atom. The van der Waals surface area contributed by atoms with Crippen LogP contribution < -0.4 is 5.32 Å². The summed E-state index contributed by atoms with van der Waals surface area (Å²) in [7, 11) is -3.44. The molecule has 0 unspecified atom stereocenters. The van der Waals surface area contributed by atoms with E-state index >= 15 is 0 Å². The van der Waals surface area contributed by atoms with Crippen molar-refractivity contribution in [3.63, 3.8) is 0 Å². The standard InChI is InChI=1S/C22H22FN5O3S2/c1-4-22(5-2,19-13-25-21(32-19)33(3,30)31)27-20(29)17-10-24-12-18-16(17)11-26-28(18)15-8-6-14(23)7-9-15/h6-13H,4-5H2,1-3H3,(H,27,29). The Morgan fingerprint density at radius 2 is 1.82 bits per heavy atom. The zero-order chi connectivity index (χ0) is 23.8. The zero-order valence-corrected chi connectivity index (χ0v) is 19.9. The van der Waals surface area contributed by atoms with Crippen molar-refractivity contribution in [3.05, 3.63) is 65.3 Å². The lowest BCUT2D eigenvalue weighted by Gasteiger charge is -2.31. The molecule has 4 aromatic rings. The number of sulfone groups is 1. The smallest absolute Gasteiger partial charge is 0.254 e. The van der Waals surface area contributed by atoms with E-state index in [0.717, 1.165) is 17.6 Å². The quantitative estimate of drug-likeness (QED) is 0.424. The van der Waals surface area contributed by atoms with Crippen molar-refractivity contribution in [3.8, 4) is 5.69 Å². The number of rotatable bonds is 7. The number of pyridine rings is 1. The lowest BCUT2D eigenvalue weighted by Crippen LogP contribution is -2.44. The summed E-state index contributed by atoms with van der Waals surface area (Å²) in [5, 5.41) is 8.04. The maximum Gasteiger partial charge on any atom is 0.254 e. The molecule has 0 saturated carbocycles. The molecule has 0 fully saturated rings. The average Bonchev–Trinajstić information content (AvgIpc) is 3.46. The first kappa shape index (κ1) is 23.0. The first-order chi connectivity index (χ1) is 15.7. The van der Waals surface area contributed by atoms with Crippen LogP contribution in [0.4, 0.5) is 4.39 Å². The molecule has 0 saturated heterocycles. The summed E-state index contributed by atoms with van der Waals surface area (Å²) in [5.74, 6) is -0.712. The Labute approximate surface area is 194 Å². The van der Waals surface area contributed by atoms with E-state index in [2.05, 4.69) is 20.4 Å². The Morgan fingerprint density at radius 3 is 2.42 bits per heavy atom. The van der Waals surface area contributed by atoms with E-state index in [-0.39, 0.29) is 16.1 Å². The number of thiazole rings is 1. The number of halogens is 1. The van der Waals surface area contributed by atoms with Gasteiger partial charge in [0, 0.05) is 24.0 Å². The lowest BCUT2D eigenvalue weighted by atomic mass is 9.91. The van der Waals surface area contributed by atoms with Crippen molar-refractivity contribution in [2.75, 3.05) is 6.26 Å². The molecule has 1 amide bonds. The van der Waals surface area contributed by atoms with E-state index in [1.807, 2.05) is 13.8 Å². The Hall–Kier alpha value is -3.18. The molecule has 3 heterocycles. The summed E-state index contributed by atoms with van der Waals surface area (Å²) < 4.78 is 38.7. The number of hydrogen-bond acceptors (Lipinski definition) is 7. The summed E-state index contributed by atoms with van der Waals surface area (Å²) in [5.41, 5.74) is 0.789. The highest BCUT2D eigenvalue weighted by atomic mass is 32.2. The molecular weight excluding hydrogens is 465 g/mol.